The van der Waals surface area contributed by atoms with E-state index in [1.54, 1.807) is 0 Å². The van der Waals surface area contributed by atoms with E-state index >= 15 is 0 Å². The molecule has 0 unspecified atom stereocenters. The van der Waals surface area contributed by atoms with Crippen molar-refractivity contribution in [1.82, 2.24) is 20.0 Å². The number of H-pyrrole nitrogens is 1. The van der Waals surface area contributed by atoms with Crippen molar-refractivity contribution in [3.8, 4) is 17.0 Å². The van der Waals surface area contributed by atoms with Gasteiger partial charge in [0.1, 0.15) is 11.4 Å². The zero-order valence-electron chi connectivity index (χ0n) is 14.0. The highest BCUT2D eigenvalue weighted by atomic mass is 16.5. The van der Waals surface area contributed by atoms with Crippen LogP contribution in [0.4, 0.5) is 0 Å². The van der Waals surface area contributed by atoms with Crippen molar-refractivity contribution in [3.63, 3.8) is 0 Å². The molecule has 24 heavy (non-hydrogen) atoms. The fourth-order valence-corrected chi connectivity index (χ4v) is 3.00. The molecule has 1 aliphatic heterocycles. The number of fused-ring (bicyclic) bond motifs is 4. The minimum absolute atomic E-state index is 0.184. The van der Waals surface area contributed by atoms with Gasteiger partial charge in [-0.05, 0) is 38.5 Å². The van der Waals surface area contributed by atoms with E-state index in [1.807, 2.05) is 29.1 Å². The largest absolute Gasteiger partial charge is 0.493 e. The Hall–Kier alpha value is -2.34. The van der Waals surface area contributed by atoms with Crippen molar-refractivity contribution in [2.45, 2.75) is 38.8 Å². The predicted octanol–water partition coefficient (Wildman–Crippen LogP) is 3.57. The molecule has 2 atom stereocenters. The van der Waals surface area contributed by atoms with Crippen LogP contribution in [-0.4, -0.2) is 39.3 Å². The summed E-state index contributed by atoms with van der Waals surface area (Å²) in [6.45, 7) is 5.62. The average Bonchev–Trinajstić information content (AvgIpc) is 3.20. The molecule has 0 saturated heterocycles. The number of aromatic amines is 1. The second-order valence-corrected chi connectivity index (χ2v) is 6.44. The van der Waals surface area contributed by atoms with Crippen molar-refractivity contribution < 1.29 is 9.47 Å². The first-order chi connectivity index (χ1) is 11.7. The minimum atomic E-state index is 0.184. The molecule has 4 bridgehead atoms. The lowest BCUT2D eigenvalue weighted by Gasteiger charge is -2.16. The van der Waals surface area contributed by atoms with Gasteiger partial charge in [0.15, 0.2) is 0 Å². The molecule has 0 radical (unpaired) electrons. The van der Waals surface area contributed by atoms with Gasteiger partial charge in [0.25, 0.3) is 0 Å². The van der Waals surface area contributed by atoms with E-state index in [0.717, 1.165) is 47.4 Å². The number of nitrogens with one attached hydrogen (secondary N) is 1. The van der Waals surface area contributed by atoms with Crippen LogP contribution in [0.25, 0.3) is 22.2 Å². The molecule has 4 rings (SSSR count). The minimum Gasteiger partial charge on any atom is -0.493 e. The highest BCUT2D eigenvalue weighted by Crippen LogP contribution is 2.30. The maximum atomic E-state index is 5.90. The van der Waals surface area contributed by atoms with Gasteiger partial charge in [-0.3, -0.25) is 9.78 Å². The Morgan fingerprint density at radius 1 is 1.21 bits per heavy atom. The number of ether oxygens (including phenoxy) is 2. The number of hydrogen-bond donors (Lipinski definition) is 1. The number of nitrogens with zero attached hydrogens (tertiary/aromatic N) is 3. The van der Waals surface area contributed by atoms with Gasteiger partial charge in [-0.25, -0.2) is 0 Å². The van der Waals surface area contributed by atoms with Crippen LogP contribution in [0.1, 0.15) is 32.7 Å². The monoisotopic (exact) mass is 326 g/mol. The highest BCUT2D eigenvalue weighted by molar-refractivity contribution is 5.93. The number of hydrogen-bond acceptors (Lipinski definition) is 4. The standard InChI is InChI=1S/C18H22N4O2/c1-12-5-7-23-13(2)6-8-24-15-3-4-17-16(9-15)18(21-20-17)14-10-19-22(12)11-14/h3-4,9-13H,5-8H2,1-2H3,(H,20,21)/t12-,13+/m1/s1. The van der Waals surface area contributed by atoms with Gasteiger partial charge >= 0.3 is 0 Å². The van der Waals surface area contributed by atoms with Crippen molar-refractivity contribution in [3.05, 3.63) is 30.6 Å². The molecule has 1 aliphatic rings. The van der Waals surface area contributed by atoms with Gasteiger partial charge in [-0.15, -0.1) is 0 Å². The number of benzene rings is 1. The van der Waals surface area contributed by atoms with E-state index in [4.69, 9.17) is 9.47 Å². The predicted molar refractivity (Wildman–Crippen MR) is 92.2 cm³/mol. The Bertz CT molecular complexity index is 839. The zero-order valence-corrected chi connectivity index (χ0v) is 14.0. The summed E-state index contributed by atoms with van der Waals surface area (Å²) in [4.78, 5) is 0. The van der Waals surface area contributed by atoms with Crippen molar-refractivity contribution in [2.75, 3.05) is 13.2 Å². The molecule has 3 heterocycles. The summed E-state index contributed by atoms with van der Waals surface area (Å²) in [5.74, 6) is 0.855. The Labute approximate surface area is 140 Å². The first-order valence-electron chi connectivity index (χ1n) is 8.48. The van der Waals surface area contributed by atoms with E-state index < -0.39 is 0 Å². The van der Waals surface area contributed by atoms with Gasteiger partial charge in [0.2, 0.25) is 0 Å². The molecule has 2 aromatic heterocycles. The molecule has 1 N–H and O–H groups in total. The van der Waals surface area contributed by atoms with Crippen LogP contribution in [0.15, 0.2) is 30.6 Å². The molecule has 0 fully saturated rings. The van der Waals surface area contributed by atoms with Crippen molar-refractivity contribution in [1.29, 1.82) is 0 Å². The fourth-order valence-electron chi connectivity index (χ4n) is 3.00. The lowest BCUT2D eigenvalue weighted by molar-refractivity contribution is 0.0434. The van der Waals surface area contributed by atoms with Crippen LogP contribution in [0.2, 0.25) is 0 Å². The molecule has 6 nitrogen and oxygen atoms in total. The third-order valence-corrected chi connectivity index (χ3v) is 4.59. The molecule has 6 heteroatoms. The molecule has 0 spiro atoms. The molecule has 0 amide bonds. The average molecular weight is 326 g/mol. The van der Waals surface area contributed by atoms with E-state index in [1.165, 1.54) is 0 Å². The topological polar surface area (TPSA) is 65.0 Å². The normalized spacial score (nSPS) is 22.1. The Balaban J connectivity index is 1.75. The molecule has 3 aromatic rings. The van der Waals surface area contributed by atoms with Crippen LogP contribution < -0.4 is 4.74 Å². The van der Waals surface area contributed by atoms with Crippen molar-refractivity contribution >= 4 is 10.9 Å². The quantitative estimate of drug-likeness (QED) is 0.686. The van der Waals surface area contributed by atoms with Crippen LogP contribution >= 0.6 is 0 Å². The number of aromatic nitrogens is 4. The fraction of sp³-hybridized carbons (Fsp3) is 0.444. The number of rotatable bonds is 0. The molecular weight excluding hydrogens is 304 g/mol. The van der Waals surface area contributed by atoms with Gasteiger partial charge in [0, 0.05) is 30.2 Å². The third-order valence-electron chi connectivity index (χ3n) is 4.59. The Morgan fingerprint density at radius 3 is 3.04 bits per heavy atom. The van der Waals surface area contributed by atoms with Gasteiger partial charge in [-0.1, -0.05) is 0 Å². The molecular formula is C18H22N4O2. The maximum absolute atomic E-state index is 5.90. The zero-order chi connectivity index (χ0) is 16.5. The van der Waals surface area contributed by atoms with Crippen molar-refractivity contribution in [2.24, 2.45) is 0 Å². The third kappa shape index (κ3) is 2.89. The molecule has 1 aromatic carbocycles. The summed E-state index contributed by atoms with van der Waals surface area (Å²) in [5, 5.41) is 13.1. The SMILES string of the molecule is C[C@@H]1CCO[C@@H](C)CCOc2ccc3[nH]nc(c3c2)-c2cnn1c2. The summed E-state index contributed by atoms with van der Waals surface area (Å²) in [6, 6.07) is 6.30. The first-order valence-corrected chi connectivity index (χ1v) is 8.48. The van der Waals surface area contributed by atoms with Crippen LogP contribution in [0.5, 0.6) is 5.75 Å². The molecule has 0 saturated carbocycles. The molecule has 126 valence electrons. The Morgan fingerprint density at radius 2 is 2.12 bits per heavy atom. The van der Waals surface area contributed by atoms with Gasteiger partial charge in [-0.2, -0.15) is 10.2 Å². The summed E-state index contributed by atoms with van der Waals surface area (Å²) in [5.41, 5.74) is 2.92. The second-order valence-electron chi connectivity index (χ2n) is 6.44. The first kappa shape index (κ1) is 15.2. The van der Waals surface area contributed by atoms with Gasteiger partial charge < -0.3 is 9.47 Å². The summed E-state index contributed by atoms with van der Waals surface area (Å²) in [6.07, 6.45) is 5.90. The van der Waals surface area contributed by atoms with E-state index in [-0.39, 0.29) is 12.1 Å². The molecule has 0 aliphatic carbocycles. The summed E-state index contributed by atoms with van der Waals surface area (Å²) in [7, 11) is 0. The second kappa shape index (κ2) is 6.28. The van der Waals surface area contributed by atoms with E-state index in [0.29, 0.717) is 6.61 Å². The summed E-state index contributed by atoms with van der Waals surface area (Å²) < 4.78 is 13.8. The maximum Gasteiger partial charge on any atom is 0.120 e. The lowest BCUT2D eigenvalue weighted by Crippen LogP contribution is -2.16. The smallest absolute Gasteiger partial charge is 0.120 e. The van der Waals surface area contributed by atoms with Gasteiger partial charge in [0.05, 0.1) is 30.5 Å². The lowest BCUT2D eigenvalue weighted by atomic mass is 10.1. The van der Waals surface area contributed by atoms with Crippen LogP contribution in [0.3, 0.4) is 0 Å². The highest BCUT2D eigenvalue weighted by Gasteiger charge is 2.15. The van der Waals surface area contributed by atoms with Crippen LogP contribution in [-0.2, 0) is 4.74 Å². The van der Waals surface area contributed by atoms with E-state index in [2.05, 4.69) is 35.3 Å². The Kier molecular flexibility index (Phi) is 3.98. The summed E-state index contributed by atoms with van der Waals surface area (Å²) >= 11 is 0. The van der Waals surface area contributed by atoms with E-state index in [9.17, 15) is 0 Å². The van der Waals surface area contributed by atoms with Crippen LogP contribution in [0, 0.1) is 0 Å².